The largest absolute Gasteiger partial charge is 0.379 e. The fourth-order valence-electron chi connectivity index (χ4n) is 14.1. The summed E-state index contributed by atoms with van der Waals surface area (Å²) in [6.45, 7) is 26.6. The third-order valence-corrected chi connectivity index (χ3v) is 18.7. The first-order valence-corrected chi connectivity index (χ1v) is 36.0. The summed E-state index contributed by atoms with van der Waals surface area (Å²) in [4.78, 5) is 18.7. The Morgan fingerprint density at radius 1 is 0.269 bits per heavy atom. The monoisotopic (exact) mass is 1360 g/mol. The van der Waals surface area contributed by atoms with Crippen molar-refractivity contribution in [2.75, 3.05) is 21.3 Å². The van der Waals surface area contributed by atoms with E-state index in [2.05, 4.69) is 357 Å². The van der Waals surface area contributed by atoms with Gasteiger partial charge in [0, 0.05) is 46.9 Å². The van der Waals surface area contributed by atoms with E-state index in [9.17, 15) is 0 Å². The molecule has 4 N–H and O–H groups in total. The Hall–Kier alpha value is -12.0. The summed E-state index contributed by atoms with van der Waals surface area (Å²) < 4.78 is 0. The van der Waals surface area contributed by atoms with Gasteiger partial charge < -0.3 is 21.3 Å². The van der Waals surface area contributed by atoms with Crippen LogP contribution in [0.25, 0.3) is 33.5 Å². The van der Waals surface area contributed by atoms with Crippen LogP contribution in [0.5, 0.6) is 0 Å². The molecular weight excluding hydrogens is 1270 g/mol. The van der Waals surface area contributed by atoms with Crippen molar-refractivity contribution in [3.05, 3.63) is 416 Å². The first-order valence-electron chi connectivity index (χ1n) is 36.0. The second-order valence-corrected chi connectivity index (χ2v) is 27.1. The van der Waals surface area contributed by atoms with Gasteiger partial charge in [0.25, 0.3) is 0 Å². The first kappa shape index (κ1) is 73.2. The minimum Gasteiger partial charge on any atom is -0.379 e. The van der Waals surface area contributed by atoms with Crippen LogP contribution in [0.4, 0.5) is 22.7 Å². The van der Waals surface area contributed by atoms with Crippen molar-refractivity contribution in [2.24, 2.45) is 0 Å². The summed E-state index contributed by atoms with van der Waals surface area (Å²) in [5, 5.41) is 14.9. The Morgan fingerprint density at radius 2 is 0.596 bits per heavy atom. The smallest absolute Gasteiger partial charge is 0.0946 e. The Morgan fingerprint density at radius 3 is 1.00 bits per heavy atom. The van der Waals surface area contributed by atoms with Gasteiger partial charge in [-0.3, -0.25) is 19.9 Å². The molecule has 104 heavy (non-hydrogen) atoms. The van der Waals surface area contributed by atoms with Crippen molar-refractivity contribution in [3.63, 3.8) is 0 Å². The summed E-state index contributed by atoms with van der Waals surface area (Å²) in [5.74, 6) is 0. The van der Waals surface area contributed by atoms with Crippen LogP contribution >= 0.6 is 0 Å². The van der Waals surface area contributed by atoms with Crippen LogP contribution in [0.1, 0.15) is 124 Å². The second-order valence-electron chi connectivity index (χ2n) is 27.1. The van der Waals surface area contributed by atoms with Gasteiger partial charge in [-0.05, 0) is 215 Å². The number of anilines is 4. The highest BCUT2D eigenvalue weighted by Crippen LogP contribution is 2.39. The van der Waals surface area contributed by atoms with Gasteiger partial charge >= 0.3 is 0 Å². The van der Waals surface area contributed by atoms with Crippen LogP contribution in [-0.2, 0) is 6.54 Å². The van der Waals surface area contributed by atoms with Crippen LogP contribution in [0, 0.1) is 83.1 Å². The molecule has 0 aliphatic heterocycles. The lowest BCUT2D eigenvalue weighted by atomic mass is 9.92. The van der Waals surface area contributed by atoms with E-state index in [1.807, 2.05) is 67.1 Å². The number of hydrogen-bond acceptors (Lipinski definition) is 8. The summed E-state index contributed by atoms with van der Waals surface area (Å²) in [5.41, 5.74) is 34.7. The van der Waals surface area contributed by atoms with E-state index >= 15 is 0 Å². The average Bonchev–Trinajstić information content (AvgIpc) is 0.801. The molecule has 4 aromatic heterocycles. The van der Waals surface area contributed by atoms with Crippen LogP contribution in [-0.4, -0.2) is 19.9 Å². The molecule has 0 aliphatic rings. The molecule has 3 atom stereocenters. The van der Waals surface area contributed by atoms with E-state index in [4.69, 9.17) is 9.97 Å². The molecule has 14 aromatic rings. The molecule has 8 heteroatoms. The zero-order chi connectivity index (χ0) is 72.9. The molecule has 0 spiro atoms. The fraction of sp³-hybridized carbons (Fsp3) is 0.167. The molecule has 0 amide bonds. The third kappa shape index (κ3) is 19.1. The molecule has 14 rings (SSSR count). The van der Waals surface area contributed by atoms with Gasteiger partial charge in [0.05, 0.1) is 53.1 Å². The van der Waals surface area contributed by atoms with Gasteiger partial charge in [-0.1, -0.05) is 265 Å². The molecule has 8 nitrogen and oxygen atoms in total. The summed E-state index contributed by atoms with van der Waals surface area (Å²) in [7, 11) is 0. The average molecular weight is 1360 g/mol. The fourth-order valence-corrected chi connectivity index (χ4v) is 14.1. The van der Waals surface area contributed by atoms with Gasteiger partial charge in [0.15, 0.2) is 0 Å². The molecule has 0 aliphatic carbocycles. The van der Waals surface area contributed by atoms with E-state index in [0.717, 1.165) is 46.3 Å². The topological polar surface area (TPSA) is 99.7 Å². The molecular formula is C96H96N8. The SMILES string of the molecule is Cc1cc(C)c(NC(c2cccc(-c3ccccc3)n2)c2ccccc2-c2ccccc2)c(C)c1.Cc1cc(C)c(NC(c2ccccc2)c2ccccn2)c(C)c1.Cc1cc(C)c(NC(c2ccccn2)c2ccccc2-c2ccccc2)c(C)c1.Cc1cc(C)c(NCc2ccccn2)c(C)c1. The number of aryl methyl sites for hydroxylation is 12. The van der Waals surface area contributed by atoms with Gasteiger partial charge in [0.2, 0.25) is 0 Å². The zero-order valence-electron chi connectivity index (χ0n) is 62.2. The molecule has 0 radical (unpaired) electrons. The maximum absolute atomic E-state index is 5.17. The Bertz CT molecular complexity index is 4940. The van der Waals surface area contributed by atoms with Crippen LogP contribution in [0.15, 0.2) is 310 Å². The highest BCUT2D eigenvalue weighted by molar-refractivity contribution is 5.73. The molecule has 0 fully saturated rings. The summed E-state index contributed by atoms with van der Waals surface area (Å²) in [6.07, 6.45) is 5.54. The molecule has 520 valence electrons. The number of benzene rings is 10. The van der Waals surface area contributed by atoms with Gasteiger partial charge in [-0.25, -0.2) is 0 Å². The summed E-state index contributed by atoms with van der Waals surface area (Å²) >= 11 is 0. The molecule has 3 unspecified atom stereocenters. The maximum atomic E-state index is 5.17. The van der Waals surface area contributed by atoms with Crippen LogP contribution in [0.3, 0.4) is 0 Å². The van der Waals surface area contributed by atoms with Crippen LogP contribution < -0.4 is 21.3 Å². The molecule has 4 heterocycles. The maximum Gasteiger partial charge on any atom is 0.0946 e. The van der Waals surface area contributed by atoms with Crippen molar-refractivity contribution in [2.45, 2.75) is 108 Å². The lowest BCUT2D eigenvalue weighted by Gasteiger charge is -2.26. The minimum atomic E-state index is -0.116. The van der Waals surface area contributed by atoms with E-state index in [1.54, 1.807) is 0 Å². The van der Waals surface area contributed by atoms with Gasteiger partial charge in [0.1, 0.15) is 0 Å². The molecule has 0 bridgehead atoms. The van der Waals surface area contributed by atoms with Gasteiger partial charge in [-0.2, -0.15) is 0 Å². The Balaban J connectivity index is 0.000000143. The number of nitrogens with one attached hydrogen (secondary N) is 4. The van der Waals surface area contributed by atoms with Crippen molar-refractivity contribution >= 4 is 22.7 Å². The standard InChI is InChI=1S/C33H30N2.C27H26N2.C21H22N2.C15H18N2/c1-23-21-24(2)32(25(3)22-23)35-33(29-18-11-10-17-28(29)26-13-6-4-7-14-26)31-20-12-19-30(34-31)27-15-8-5-9-16-27;1-19-17-20(2)26(21(3)18-19)29-27(25-15-9-10-16-28-25)24-14-8-7-13-23(24)22-11-5-4-6-12-22;1-15-13-16(2)20(17(3)14-15)23-21(18-9-5-4-6-10-18)19-11-7-8-12-22-19;1-11-8-12(2)15(13(3)9-11)17-10-14-6-4-5-7-16-14/h4-22,33,35H,1-3H3;4-18,27,29H,1-3H3;4-14,21,23H,1-3H3;4-9,17H,10H2,1-3H3. The van der Waals surface area contributed by atoms with E-state index < -0.39 is 0 Å². The number of rotatable bonds is 18. The molecule has 10 aromatic carbocycles. The number of aromatic nitrogens is 4. The van der Waals surface area contributed by atoms with Crippen molar-refractivity contribution in [1.82, 2.24) is 19.9 Å². The predicted molar refractivity (Wildman–Crippen MR) is 439 cm³/mol. The predicted octanol–water partition coefficient (Wildman–Crippen LogP) is 24.2. The van der Waals surface area contributed by atoms with Crippen molar-refractivity contribution in [1.29, 1.82) is 0 Å². The van der Waals surface area contributed by atoms with Crippen molar-refractivity contribution in [3.8, 4) is 33.5 Å². The van der Waals surface area contributed by atoms with E-state index in [-0.39, 0.29) is 18.1 Å². The first-order chi connectivity index (χ1) is 50.5. The number of nitrogens with zero attached hydrogens (tertiary/aromatic N) is 4. The quantitative estimate of drug-likeness (QED) is 0.0674. The number of pyridine rings is 4. The van der Waals surface area contributed by atoms with Crippen LogP contribution in [0.2, 0.25) is 0 Å². The van der Waals surface area contributed by atoms with Crippen molar-refractivity contribution < 1.29 is 0 Å². The lowest BCUT2D eigenvalue weighted by Crippen LogP contribution is -2.17. The highest BCUT2D eigenvalue weighted by Gasteiger charge is 2.24. The van der Waals surface area contributed by atoms with E-state index in [1.165, 1.54) is 123 Å². The molecule has 0 saturated heterocycles. The Labute approximate surface area is 617 Å². The number of hydrogen-bond donors (Lipinski definition) is 4. The zero-order valence-corrected chi connectivity index (χ0v) is 62.2. The lowest BCUT2D eigenvalue weighted by molar-refractivity contribution is 0.883. The Kier molecular flexibility index (Phi) is 25.0. The van der Waals surface area contributed by atoms with E-state index in [0.29, 0.717) is 0 Å². The van der Waals surface area contributed by atoms with Gasteiger partial charge in [-0.15, -0.1) is 0 Å². The molecule has 0 saturated carbocycles. The minimum absolute atomic E-state index is 0.0394. The second kappa shape index (κ2) is 35.5. The normalized spacial score (nSPS) is 11.6. The summed E-state index contributed by atoms with van der Waals surface area (Å²) in [6, 6.07) is 101. The third-order valence-electron chi connectivity index (χ3n) is 18.7. The highest BCUT2D eigenvalue weighted by atomic mass is 15.0.